The molecule has 1 aliphatic heterocycles. The number of benzene rings is 1. The van der Waals surface area contributed by atoms with Crippen molar-refractivity contribution in [2.45, 2.75) is 45.4 Å². The van der Waals surface area contributed by atoms with Crippen LogP contribution in [-0.4, -0.2) is 18.9 Å². The second-order valence-corrected chi connectivity index (χ2v) is 4.84. The molecule has 0 amide bonds. The van der Waals surface area contributed by atoms with E-state index in [1.54, 1.807) is 0 Å². The van der Waals surface area contributed by atoms with E-state index in [-0.39, 0.29) is 0 Å². The lowest BCUT2D eigenvalue weighted by Gasteiger charge is -2.18. The van der Waals surface area contributed by atoms with Crippen LogP contribution in [0.5, 0.6) is 5.75 Å². The maximum Gasteiger partial charge on any atom is 0.128 e. The maximum absolute atomic E-state index is 5.63. The van der Waals surface area contributed by atoms with Gasteiger partial charge in [0.25, 0.3) is 0 Å². The number of ether oxygens (including phenoxy) is 1. The summed E-state index contributed by atoms with van der Waals surface area (Å²) in [6.07, 6.45) is 7.48. The Kier molecular flexibility index (Phi) is 5.25. The summed E-state index contributed by atoms with van der Waals surface area (Å²) in [6, 6.07) is 8.23. The first-order valence-corrected chi connectivity index (χ1v) is 7.17. The normalized spacial score (nSPS) is 16.4. The van der Waals surface area contributed by atoms with Gasteiger partial charge >= 0.3 is 0 Å². The molecule has 0 aliphatic carbocycles. The fourth-order valence-corrected chi connectivity index (χ4v) is 2.32. The third kappa shape index (κ3) is 3.59. The first kappa shape index (κ1) is 13.1. The van der Waals surface area contributed by atoms with E-state index in [9.17, 15) is 0 Å². The van der Waals surface area contributed by atoms with Crippen molar-refractivity contribution in [3.05, 3.63) is 29.8 Å². The van der Waals surface area contributed by atoms with Crippen LogP contribution in [-0.2, 0) is 0 Å². The Morgan fingerprint density at radius 1 is 1.11 bits per heavy atom. The summed E-state index contributed by atoms with van der Waals surface area (Å²) in [5, 5.41) is 0. The van der Waals surface area contributed by atoms with Crippen LogP contribution < -0.4 is 4.74 Å². The molecular weight excluding hydrogens is 222 g/mol. The second-order valence-electron chi connectivity index (χ2n) is 4.84. The topological polar surface area (TPSA) is 21.6 Å². The molecule has 1 heterocycles. The Morgan fingerprint density at radius 2 is 1.94 bits per heavy atom. The van der Waals surface area contributed by atoms with Crippen molar-refractivity contribution in [2.24, 2.45) is 4.99 Å². The summed E-state index contributed by atoms with van der Waals surface area (Å²) in [5.74, 6) is 0.994. The molecule has 0 unspecified atom stereocenters. The van der Waals surface area contributed by atoms with E-state index >= 15 is 0 Å². The van der Waals surface area contributed by atoms with E-state index in [2.05, 4.69) is 19.1 Å². The minimum absolute atomic E-state index is 0.770. The van der Waals surface area contributed by atoms with Gasteiger partial charge in [-0.15, -0.1) is 0 Å². The molecule has 0 N–H and O–H groups in total. The minimum Gasteiger partial charge on any atom is -0.492 e. The summed E-state index contributed by atoms with van der Waals surface area (Å²) in [7, 11) is 0. The van der Waals surface area contributed by atoms with Crippen molar-refractivity contribution in [2.75, 3.05) is 13.2 Å². The summed E-state index contributed by atoms with van der Waals surface area (Å²) in [4.78, 5) is 4.76. The molecule has 0 saturated heterocycles. The van der Waals surface area contributed by atoms with Gasteiger partial charge < -0.3 is 4.74 Å². The first-order valence-electron chi connectivity index (χ1n) is 7.17. The van der Waals surface area contributed by atoms with Crippen molar-refractivity contribution >= 4 is 5.71 Å². The van der Waals surface area contributed by atoms with E-state index in [4.69, 9.17) is 9.73 Å². The van der Waals surface area contributed by atoms with Crippen LogP contribution in [0, 0.1) is 0 Å². The van der Waals surface area contributed by atoms with Crippen molar-refractivity contribution < 1.29 is 4.74 Å². The quantitative estimate of drug-likeness (QED) is 0.687. The number of nitrogens with zero attached hydrogens (tertiary/aromatic N) is 1. The van der Waals surface area contributed by atoms with Gasteiger partial charge in [-0.25, -0.2) is 0 Å². The molecular formula is C16H23NO. The third-order valence-electron chi connectivity index (χ3n) is 3.36. The average Bonchev–Trinajstić information content (AvgIpc) is 2.43. The predicted octanol–water partition coefficient (Wildman–Crippen LogP) is 4.23. The highest BCUT2D eigenvalue weighted by molar-refractivity contribution is 6.03. The minimum atomic E-state index is 0.770. The van der Waals surface area contributed by atoms with Gasteiger partial charge in [-0.05, 0) is 18.6 Å². The highest BCUT2D eigenvalue weighted by Crippen LogP contribution is 2.24. The molecule has 2 nitrogen and oxygen atoms in total. The molecule has 1 aromatic carbocycles. The maximum atomic E-state index is 5.63. The number of rotatable bonds is 6. The van der Waals surface area contributed by atoms with Crippen LogP contribution in [0.15, 0.2) is 29.3 Å². The van der Waals surface area contributed by atoms with E-state index < -0.39 is 0 Å². The molecule has 0 aromatic heterocycles. The Balaban J connectivity index is 1.86. The zero-order valence-electron chi connectivity index (χ0n) is 11.3. The van der Waals surface area contributed by atoms with Crippen LogP contribution in [0.25, 0.3) is 0 Å². The van der Waals surface area contributed by atoms with Gasteiger partial charge in [0.15, 0.2) is 0 Å². The number of aliphatic imine (C=N–C) groups is 1. The number of fused-ring (bicyclic) bond motifs is 1. The molecule has 0 saturated carbocycles. The highest BCUT2D eigenvalue weighted by atomic mass is 16.5. The van der Waals surface area contributed by atoms with E-state index in [0.29, 0.717) is 0 Å². The fraction of sp³-hybridized carbons (Fsp3) is 0.562. The van der Waals surface area contributed by atoms with Gasteiger partial charge in [0.2, 0.25) is 0 Å². The molecule has 18 heavy (non-hydrogen) atoms. The largest absolute Gasteiger partial charge is 0.492 e. The van der Waals surface area contributed by atoms with Gasteiger partial charge in [0, 0.05) is 24.2 Å². The number of hydrogen-bond acceptors (Lipinski definition) is 2. The van der Waals surface area contributed by atoms with Crippen molar-refractivity contribution in [1.29, 1.82) is 0 Å². The Bertz CT molecular complexity index is 398. The molecule has 0 bridgehead atoms. The number of hydrogen-bond donors (Lipinski definition) is 0. The van der Waals surface area contributed by atoms with Crippen LogP contribution in [0.4, 0.5) is 0 Å². The molecule has 2 rings (SSSR count). The van der Waals surface area contributed by atoms with Crippen molar-refractivity contribution in [1.82, 2.24) is 0 Å². The lowest BCUT2D eigenvalue weighted by atomic mass is 10.0. The Labute approximate surface area is 110 Å². The van der Waals surface area contributed by atoms with Crippen LogP contribution in [0.2, 0.25) is 0 Å². The van der Waals surface area contributed by atoms with E-state index in [0.717, 1.165) is 25.3 Å². The van der Waals surface area contributed by atoms with Crippen molar-refractivity contribution in [3.8, 4) is 5.75 Å². The molecule has 0 radical (unpaired) electrons. The SMILES string of the molecule is CCCCCCCN=C1CCOc2ccccc21. The number of para-hydroxylation sites is 1. The Hall–Kier alpha value is -1.31. The molecule has 2 heteroatoms. The lowest BCUT2D eigenvalue weighted by molar-refractivity contribution is 0.320. The Morgan fingerprint density at radius 3 is 2.83 bits per heavy atom. The summed E-state index contributed by atoms with van der Waals surface area (Å²) >= 11 is 0. The van der Waals surface area contributed by atoms with Crippen molar-refractivity contribution in [3.63, 3.8) is 0 Å². The zero-order chi connectivity index (χ0) is 12.6. The fourth-order valence-electron chi connectivity index (χ4n) is 2.32. The molecule has 0 atom stereocenters. The molecule has 0 spiro atoms. The predicted molar refractivity (Wildman–Crippen MR) is 76.7 cm³/mol. The molecule has 1 aromatic rings. The molecule has 98 valence electrons. The van der Waals surface area contributed by atoms with E-state index in [1.165, 1.54) is 43.4 Å². The van der Waals surface area contributed by atoms with Gasteiger partial charge in [-0.3, -0.25) is 4.99 Å². The van der Waals surface area contributed by atoms with Gasteiger partial charge in [-0.2, -0.15) is 0 Å². The average molecular weight is 245 g/mol. The third-order valence-corrected chi connectivity index (χ3v) is 3.36. The molecule has 1 aliphatic rings. The summed E-state index contributed by atoms with van der Waals surface area (Å²) in [5.41, 5.74) is 2.42. The second kappa shape index (κ2) is 7.20. The van der Waals surface area contributed by atoms with Gasteiger partial charge in [-0.1, -0.05) is 44.7 Å². The van der Waals surface area contributed by atoms with Crippen LogP contribution in [0.1, 0.15) is 51.0 Å². The smallest absolute Gasteiger partial charge is 0.128 e. The monoisotopic (exact) mass is 245 g/mol. The summed E-state index contributed by atoms with van der Waals surface area (Å²) in [6.45, 7) is 3.98. The number of unbranched alkanes of at least 4 members (excludes halogenated alkanes) is 4. The lowest BCUT2D eigenvalue weighted by Crippen LogP contribution is -2.16. The van der Waals surface area contributed by atoms with Crippen LogP contribution in [0.3, 0.4) is 0 Å². The highest BCUT2D eigenvalue weighted by Gasteiger charge is 2.14. The van der Waals surface area contributed by atoms with E-state index in [1.807, 2.05) is 12.1 Å². The zero-order valence-corrected chi connectivity index (χ0v) is 11.3. The van der Waals surface area contributed by atoms with Gasteiger partial charge in [0.05, 0.1) is 6.61 Å². The first-order chi connectivity index (χ1) is 8.92. The standard InChI is InChI=1S/C16H23NO/c1-2-3-4-5-8-12-17-15-11-13-18-16-10-7-6-9-14(15)16/h6-7,9-10H,2-5,8,11-13H2,1H3. The van der Waals surface area contributed by atoms with Crippen LogP contribution >= 0.6 is 0 Å². The summed E-state index contributed by atoms with van der Waals surface area (Å²) < 4.78 is 5.63. The molecule has 0 fully saturated rings. The van der Waals surface area contributed by atoms with Gasteiger partial charge in [0.1, 0.15) is 5.75 Å².